The van der Waals surface area contributed by atoms with Gasteiger partial charge in [-0.05, 0) is 24.5 Å². The van der Waals surface area contributed by atoms with Gasteiger partial charge in [0.2, 0.25) is 5.91 Å². The Labute approximate surface area is 113 Å². The van der Waals surface area contributed by atoms with Crippen LogP contribution in [0.15, 0.2) is 24.3 Å². The van der Waals surface area contributed by atoms with Gasteiger partial charge in [0.1, 0.15) is 0 Å². The Hall–Kier alpha value is -1.39. The highest BCUT2D eigenvalue weighted by Gasteiger charge is 2.34. The first-order valence-electron chi connectivity index (χ1n) is 6.86. The Bertz CT molecular complexity index is 483. The van der Waals surface area contributed by atoms with Crippen molar-refractivity contribution in [1.29, 1.82) is 0 Å². The van der Waals surface area contributed by atoms with Crippen LogP contribution in [0.5, 0.6) is 0 Å². The van der Waals surface area contributed by atoms with Crippen LogP contribution in [0.1, 0.15) is 18.9 Å². The molecule has 0 spiro atoms. The molecule has 0 aliphatic carbocycles. The highest BCUT2D eigenvalue weighted by atomic mass is 16.5. The fourth-order valence-corrected chi connectivity index (χ4v) is 2.63. The number of aryl methyl sites for hydroxylation is 1. The fraction of sp³-hybridized carbons (Fsp3) is 0.533. The summed E-state index contributed by atoms with van der Waals surface area (Å²) in [7, 11) is 0. The van der Waals surface area contributed by atoms with Crippen LogP contribution in [0.25, 0.3) is 0 Å². The van der Waals surface area contributed by atoms with Crippen molar-refractivity contribution in [3.63, 3.8) is 0 Å². The molecule has 1 saturated heterocycles. The monoisotopic (exact) mass is 260 g/mol. The van der Waals surface area contributed by atoms with Crippen LogP contribution < -0.4 is 10.6 Å². The predicted molar refractivity (Wildman–Crippen MR) is 74.1 cm³/mol. The minimum Gasteiger partial charge on any atom is -0.380 e. The molecule has 1 fully saturated rings. The fourth-order valence-electron chi connectivity index (χ4n) is 2.63. The lowest BCUT2D eigenvalue weighted by atomic mass is 9.88. The molecule has 3 rings (SSSR count). The Morgan fingerprint density at radius 1 is 1.42 bits per heavy atom. The number of ether oxygens (including phenoxy) is 1. The molecule has 2 aliphatic rings. The normalized spacial score (nSPS) is 24.9. The van der Waals surface area contributed by atoms with Crippen LogP contribution in [-0.4, -0.2) is 31.7 Å². The maximum absolute atomic E-state index is 12.2. The number of para-hydroxylation sites is 1. The van der Waals surface area contributed by atoms with Crippen molar-refractivity contribution in [1.82, 2.24) is 5.32 Å². The van der Waals surface area contributed by atoms with Gasteiger partial charge >= 0.3 is 0 Å². The second kappa shape index (κ2) is 4.94. The Morgan fingerprint density at radius 3 is 2.95 bits per heavy atom. The van der Waals surface area contributed by atoms with Gasteiger partial charge in [0.25, 0.3) is 0 Å². The number of carbonyl (C=O) groups is 1. The van der Waals surface area contributed by atoms with Crippen LogP contribution >= 0.6 is 0 Å². The van der Waals surface area contributed by atoms with E-state index >= 15 is 0 Å². The van der Waals surface area contributed by atoms with Crippen molar-refractivity contribution >= 4 is 11.6 Å². The molecule has 19 heavy (non-hydrogen) atoms. The summed E-state index contributed by atoms with van der Waals surface area (Å²) in [5, 5.41) is 6.41. The molecular formula is C15H20N2O2. The molecule has 0 radical (unpaired) electrons. The van der Waals surface area contributed by atoms with Crippen LogP contribution in [0.2, 0.25) is 0 Å². The summed E-state index contributed by atoms with van der Waals surface area (Å²) in [4.78, 5) is 12.2. The van der Waals surface area contributed by atoms with E-state index in [1.807, 2.05) is 18.2 Å². The van der Waals surface area contributed by atoms with E-state index in [0.29, 0.717) is 0 Å². The summed E-state index contributed by atoms with van der Waals surface area (Å²) in [5.74, 6) is 0.0776. The van der Waals surface area contributed by atoms with E-state index in [-0.39, 0.29) is 17.4 Å². The lowest BCUT2D eigenvalue weighted by molar-refractivity contribution is -0.120. The average molecular weight is 260 g/mol. The van der Waals surface area contributed by atoms with Gasteiger partial charge in [-0.25, -0.2) is 0 Å². The second-order valence-electron chi connectivity index (χ2n) is 5.92. The van der Waals surface area contributed by atoms with E-state index in [1.54, 1.807) is 0 Å². The highest BCUT2D eigenvalue weighted by Crippen LogP contribution is 2.26. The summed E-state index contributed by atoms with van der Waals surface area (Å²) < 4.78 is 5.24. The van der Waals surface area contributed by atoms with Crippen molar-refractivity contribution in [2.45, 2.75) is 25.8 Å². The summed E-state index contributed by atoms with van der Waals surface area (Å²) in [6.07, 6.45) is 1.78. The summed E-state index contributed by atoms with van der Waals surface area (Å²) in [6.45, 7) is 4.59. The lowest BCUT2D eigenvalue weighted by Crippen LogP contribution is -2.51. The van der Waals surface area contributed by atoms with Gasteiger partial charge in [0, 0.05) is 17.6 Å². The average Bonchev–Trinajstić information content (AvgIpc) is 2.53. The lowest BCUT2D eigenvalue weighted by Gasteiger charge is -2.39. The third-order valence-electron chi connectivity index (χ3n) is 3.97. The molecule has 1 aromatic rings. The topological polar surface area (TPSA) is 50.4 Å². The Balaban J connectivity index is 1.64. The predicted octanol–water partition coefficient (Wildman–Crippen LogP) is 1.57. The van der Waals surface area contributed by atoms with E-state index in [0.717, 1.165) is 38.3 Å². The van der Waals surface area contributed by atoms with Gasteiger partial charge < -0.3 is 15.4 Å². The Kier molecular flexibility index (Phi) is 3.29. The smallest absolute Gasteiger partial charge is 0.241 e. The molecule has 1 aromatic carbocycles. The molecular weight excluding hydrogens is 240 g/mol. The quantitative estimate of drug-likeness (QED) is 0.867. The largest absolute Gasteiger partial charge is 0.380 e. The minimum absolute atomic E-state index is 0.0776. The van der Waals surface area contributed by atoms with Gasteiger partial charge in [-0.3, -0.25) is 4.79 Å². The molecule has 1 amide bonds. The van der Waals surface area contributed by atoms with E-state index < -0.39 is 0 Å². The van der Waals surface area contributed by atoms with E-state index in [9.17, 15) is 4.79 Å². The molecule has 2 aliphatic heterocycles. The summed E-state index contributed by atoms with van der Waals surface area (Å²) in [5.41, 5.74) is 2.37. The summed E-state index contributed by atoms with van der Waals surface area (Å²) >= 11 is 0. The number of rotatable bonds is 3. The first kappa shape index (κ1) is 12.6. The Morgan fingerprint density at radius 2 is 2.21 bits per heavy atom. The zero-order valence-corrected chi connectivity index (χ0v) is 11.2. The third kappa shape index (κ3) is 2.65. The maximum atomic E-state index is 12.2. The van der Waals surface area contributed by atoms with Gasteiger partial charge in [-0.2, -0.15) is 0 Å². The van der Waals surface area contributed by atoms with E-state index in [4.69, 9.17) is 4.74 Å². The van der Waals surface area contributed by atoms with Gasteiger partial charge in [-0.15, -0.1) is 0 Å². The minimum atomic E-state index is -0.107. The van der Waals surface area contributed by atoms with E-state index in [1.165, 1.54) is 5.56 Å². The van der Waals surface area contributed by atoms with Gasteiger partial charge in [0.15, 0.2) is 0 Å². The maximum Gasteiger partial charge on any atom is 0.241 e. The zero-order chi connectivity index (χ0) is 13.3. The van der Waals surface area contributed by atoms with Crippen LogP contribution in [-0.2, 0) is 16.0 Å². The van der Waals surface area contributed by atoms with Crippen LogP contribution in [0, 0.1) is 5.41 Å². The first-order valence-corrected chi connectivity index (χ1v) is 6.86. The number of amides is 1. The molecule has 4 nitrogen and oxygen atoms in total. The summed E-state index contributed by atoms with van der Waals surface area (Å²) in [6, 6.07) is 7.92. The molecule has 102 valence electrons. The molecule has 0 bridgehead atoms. The van der Waals surface area contributed by atoms with Crippen LogP contribution in [0.4, 0.5) is 5.69 Å². The molecule has 1 atom stereocenters. The van der Waals surface area contributed by atoms with Gasteiger partial charge in [-0.1, -0.05) is 25.1 Å². The number of hydrogen-bond donors (Lipinski definition) is 2. The van der Waals surface area contributed by atoms with Crippen LogP contribution in [0.3, 0.4) is 0 Å². The molecule has 1 unspecified atom stereocenters. The highest BCUT2D eigenvalue weighted by molar-refractivity contribution is 5.96. The zero-order valence-electron chi connectivity index (χ0n) is 11.2. The number of fused-ring (bicyclic) bond motifs is 1. The molecule has 2 N–H and O–H groups in total. The standard InChI is InChI=1S/C15H20N2O2/c1-15(9-19-10-15)8-16-13-7-6-11-4-2-3-5-12(11)17-14(13)18/h2-5,13,16H,6-10H2,1H3,(H,17,18). The number of nitrogens with one attached hydrogen (secondary N) is 2. The van der Waals surface area contributed by atoms with E-state index in [2.05, 4.69) is 23.6 Å². The van der Waals surface area contributed by atoms with Crippen molar-refractivity contribution in [3.05, 3.63) is 29.8 Å². The molecule has 4 heteroatoms. The molecule has 0 aromatic heterocycles. The number of anilines is 1. The molecule has 0 saturated carbocycles. The number of carbonyl (C=O) groups excluding carboxylic acids is 1. The third-order valence-corrected chi connectivity index (χ3v) is 3.97. The van der Waals surface area contributed by atoms with Crippen molar-refractivity contribution < 1.29 is 9.53 Å². The van der Waals surface area contributed by atoms with Crippen molar-refractivity contribution in [2.24, 2.45) is 5.41 Å². The second-order valence-corrected chi connectivity index (χ2v) is 5.92. The van der Waals surface area contributed by atoms with Crippen molar-refractivity contribution in [2.75, 3.05) is 25.1 Å². The number of hydrogen-bond acceptors (Lipinski definition) is 3. The number of benzene rings is 1. The molecule has 2 heterocycles. The SMILES string of the molecule is CC1(CNC2CCc3ccccc3NC2=O)COC1. The first-order chi connectivity index (χ1) is 9.16. The van der Waals surface area contributed by atoms with Crippen molar-refractivity contribution in [3.8, 4) is 0 Å². The van der Waals surface area contributed by atoms with Gasteiger partial charge in [0.05, 0.1) is 19.3 Å².